The number of nitrogens with zero attached hydrogens (tertiary/aromatic N) is 1. The lowest BCUT2D eigenvalue weighted by Gasteiger charge is -2.09. The minimum absolute atomic E-state index is 0.486. The van der Waals surface area contributed by atoms with E-state index in [9.17, 15) is 4.21 Å². The maximum atomic E-state index is 11.0. The van der Waals surface area contributed by atoms with Crippen LogP contribution in [0.5, 0.6) is 5.75 Å². The first-order valence-corrected chi connectivity index (χ1v) is 6.82. The van der Waals surface area contributed by atoms with Gasteiger partial charge in [-0.05, 0) is 22.9 Å². The van der Waals surface area contributed by atoms with E-state index in [4.69, 9.17) is 4.74 Å². The average molecular weight is 276 g/mol. The Labute approximate surface area is 113 Å². The van der Waals surface area contributed by atoms with Gasteiger partial charge >= 0.3 is 11.3 Å². The van der Waals surface area contributed by atoms with Crippen LogP contribution in [0.4, 0.5) is 0 Å². The smallest absolute Gasteiger partial charge is 0.338 e. The Kier molecular flexibility index (Phi) is 3.08. The van der Waals surface area contributed by atoms with Crippen LogP contribution in [0.3, 0.4) is 0 Å². The van der Waals surface area contributed by atoms with Crippen LogP contribution in [0, 0.1) is 0 Å². The molecule has 2 aromatic rings. The first-order valence-electron chi connectivity index (χ1n) is 5.75. The molecule has 1 atom stereocenters. The molecule has 1 heterocycles. The van der Waals surface area contributed by atoms with Crippen LogP contribution in [-0.4, -0.2) is 17.2 Å². The molecule has 19 heavy (non-hydrogen) atoms. The van der Waals surface area contributed by atoms with Crippen LogP contribution >= 0.6 is 0 Å². The lowest BCUT2D eigenvalue weighted by atomic mass is 10.0. The zero-order valence-corrected chi connectivity index (χ0v) is 11.1. The van der Waals surface area contributed by atoms with Gasteiger partial charge in [0.2, 0.25) is 0 Å². The van der Waals surface area contributed by atoms with Gasteiger partial charge in [-0.3, -0.25) is 9.01 Å². The number of ether oxygens (including phenoxy) is 1. The van der Waals surface area contributed by atoms with E-state index in [0.717, 1.165) is 22.1 Å². The number of oxime groups is 1. The van der Waals surface area contributed by atoms with Crippen molar-refractivity contribution in [1.82, 2.24) is 4.72 Å². The minimum Gasteiger partial charge on any atom is -0.496 e. The summed E-state index contributed by atoms with van der Waals surface area (Å²) in [6, 6.07) is 12.1. The van der Waals surface area contributed by atoms with Gasteiger partial charge in [0.05, 0.1) is 7.11 Å². The lowest BCUT2D eigenvalue weighted by Crippen LogP contribution is -2.21. The molecule has 3 rings (SSSR count). The number of amidine groups is 1. The van der Waals surface area contributed by atoms with E-state index in [-0.39, 0.29) is 0 Å². The first-order chi connectivity index (χ1) is 9.26. The molecular formula is C13H12N2O3S. The zero-order valence-electron chi connectivity index (χ0n) is 10.3. The average Bonchev–Trinajstić information content (AvgIpc) is 2.83. The van der Waals surface area contributed by atoms with Crippen LogP contribution in [-0.2, 0) is 22.0 Å². The van der Waals surface area contributed by atoms with Gasteiger partial charge in [-0.1, -0.05) is 29.4 Å². The van der Waals surface area contributed by atoms with Gasteiger partial charge in [-0.2, -0.15) is 4.21 Å². The van der Waals surface area contributed by atoms with Gasteiger partial charge in [-0.15, -0.1) is 0 Å². The van der Waals surface area contributed by atoms with Crippen molar-refractivity contribution < 1.29 is 13.2 Å². The number of nitrogens with one attached hydrogen (secondary N) is 1. The highest BCUT2D eigenvalue weighted by Gasteiger charge is 2.17. The zero-order chi connectivity index (χ0) is 13.2. The van der Waals surface area contributed by atoms with E-state index in [2.05, 4.69) is 14.2 Å². The molecular weight excluding hydrogens is 264 g/mol. The van der Waals surface area contributed by atoms with Gasteiger partial charge in [0.1, 0.15) is 5.75 Å². The summed E-state index contributed by atoms with van der Waals surface area (Å²) < 4.78 is 23.7. The summed E-state index contributed by atoms with van der Waals surface area (Å²) in [7, 11) is 1.63. The fourth-order valence-corrected chi connectivity index (χ4v) is 2.55. The van der Waals surface area contributed by atoms with Gasteiger partial charge in [0.15, 0.2) is 5.84 Å². The number of fused-ring (bicyclic) bond motifs is 1. The Morgan fingerprint density at radius 1 is 1.32 bits per heavy atom. The molecule has 0 spiro atoms. The quantitative estimate of drug-likeness (QED) is 0.931. The summed E-state index contributed by atoms with van der Waals surface area (Å²) in [6.07, 6.45) is 0.486. The molecule has 1 unspecified atom stereocenters. The highest BCUT2D eigenvalue weighted by atomic mass is 32.2. The summed E-state index contributed by atoms with van der Waals surface area (Å²) in [6.45, 7) is 0. The second kappa shape index (κ2) is 4.89. The van der Waals surface area contributed by atoms with Crippen LogP contribution in [0.1, 0.15) is 5.56 Å². The van der Waals surface area contributed by atoms with Crippen LogP contribution in [0.25, 0.3) is 10.8 Å². The molecule has 1 aliphatic rings. The van der Waals surface area contributed by atoms with E-state index >= 15 is 0 Å². The maximum Gasteiger partial charge on any atom is 0.338 e. The first kappa shape index (κ1) is 12.0. The highest BCUT2D eigenvalue weighted by Crippen LogP contribution is 2.26. The SMILES string of the molecule is COc1cc2ccccc2cc1CC1=NOS(=O)N1. The number of hydrogen-bond acceptors (Lipinski definition) is 4. The van der Waals surface area contributed by atoms with Gasteiger partial charge < -0.3 is 4.74 Å². The third-order valence-electron chi connectivity index (χ3n) is 2.92. The van der Waals surface area contributed by atoms with Crippen LogP contribution in [0.15, 0.2) is 41.6 Å². The van der Waals surface area contributed by atoms with E-state index in [1.807, 2.05) is 36.4 Å². The molecule has 6 heteroatoms. The predicted octanol–water partition coefficient (Wildman–Crippen LogP) is 1.90. The normalized spacial score (nSPS) is 17.7. The largest absolute Gasteiger partial charge is 0.496 e. The Balaban J connectivity index is 1.99. The minimum atomic E-state index is -1.56. The summed E-state index contributed by atoms with van der Waals surface area (Å²) in [4.78, 5) is 0. The Hall–Kier alpha value is -2.08. The van der Waals surface area contributed by atoms with Crippen molar-refractivity contribution in [2.45, 2.75) is 6.42 Å². The molecule has 0 bridgehead atoms. The second-order valence-corrected chi connectivity index (χ2v) is 4.96. The maximum absolute atomic E-state index is 11.0. The highest BCUT2D eigenvalue weighted by molar-refractivity contribution is 7.79. The molecule has 0 saturated heterocycles. The van der Waals surface area contributed by atoms with Crippen molar-refractivity contribution in [2.75, 3.05) is 7.11 Å². The molecule has 0 fully saturated rings. The van der Waals surface area contributed by atoms with Crippen molar-refractivity contribution in [3.63, 3.8) is 0 Å². The summed E-state index contributed by atoms with van der Waals surface area (Å²) in [5.74, 6) is 1.31. The summed E-state index contributed by atoms with van der Waals surface area (Å²) in [5.41, 5.74) is 0.968. The van der Waals surface area contributed by atoms with E-state index in [0.29, 0.717) is 12.3 Å². The molecule has 0 aliphatic carbocycles. The number of hydrogen-bond donors (Lipinski definition) is 1. The Morgan fingerprint density at radius 2 is 2.05 bits per heavy atom. The molecule has 2 aromatic carbocycles. The van der Waals surface area contributed by atoms with Crippen molar-refractivity contribution in [1.29, 1.82) is 0 Å². The molecule has 1 aliphatic heterocycles. The standard InChI is InChI=1S/C13H12N2O3S/c1-17-12-7-10-5-3-2-4-9(10)6-11(12)8-13-14-18-19(16)15-13/h2-7H,8H2,1H3,(H,14,15). The monoisotopic (exact) mass is 276 g/mol. The molecule has 98 valence electrons. The molecule has 5 nitrogen and oxygen atoms in total. The van der Waals surface area contributed by atoms with Crippen molar-refractivity contribution in [3.8, 4) is 5.75 Å². The summed E-state index contributed by atoms with van der Waals surface area (Å²) >= 11 is -1.56. The molecule has 1 N–H and O–H groups in total. The second-order valence-electron chi connectivity index (χ2n) is 4.14. The van der Waals surface area contributed by atoms with E-state index in [1.54, 1.807) is 7.11 Å². The van der Waals surface area contributed by atoms with Crippen molar-refractivity contribution in [3.05, 3.63) is 42.0 Å². The third kappa shape index (κ3) is 2.39. The summed E-state index contributed by atoms with van der Waals surface area (Å²) in [5, 5.41) is 5.96. The fraction of sp³-hybridized carbons (Fsp3) is 0.154. The number of rotatable bonds is 3. The predicted molar refractivity (Wildman–Crippen MR) is 74.0 cm³/mol. The van der Waals surface area contributed by atoms with Crippen molar-refractivity contribution in [2.24, 2.45) is 5.16 Å². The molecule has 0 amide bonds. The number of benzene rings is 2. The Bertz CT molecular complexity index is 685. The molecule has 0 saturated carbocycles. The van der Waals surface area contributed by atoms with Crippen LogP contribution < -0.4 is 9.46 Å². The van der Waals surface area contributed by atoms with Crippen LogP contribution in [0.2, 0.25) is 0 Å². The van der Waals surface area contributed by atoms with Gasteiger partial charge in [0, 0.05) is 12.0 Å². The number of methoxy groups -OCH3 is 1. The van der Waals surface area contributed by atoms with Gasteiger partial charge in [-0.25, -0.2) is 0 Å². The third-order valence-corrected chi connectivity index (χ3v) is 3.54. The topological polar surface area (TPSA) is 59.9 Å². The fourth-order valence-electron chi connectivity index (χ4n) is 2.06. The van der Waals surface area contributed by atoms with Gasteiger partial charge in [0.25, 0.3) is 0 Å². The van der Waals surface area contributed by atoms with E-state index < -0.39 is 11.3 Å². The van der Waals surface area contributed by atoms with Crippen molar-refractivity contribution >= 4 is 27.9 Å². The Morgan fingerprint density at radius 3 is 2.68 bits per heavy atom. The molecule has 0 aromatic heterocycles. The molecule has 0 radical (unpaired) electrons. The lowest BCUT2D eigenvalue weighted by molar-refractivity contribution is 0.384. The van der Waals surface area contributed by atoms with E-state index in [1.165, 1.54) is 0 Å².